The Kier molecular flexibility index (Phi) is 10.3. The molecule has 0 rings (SSSR count). The third kappa shape index (κ3) is 5.85. The summed E-state index contributed by atoms with van der Waals surface area (Å²) in [6, 6.07) is 0. The lowest BCUT2D eigenvalue weighted by molar-refractivity contribution is -0.442. The highest BCUT2D eigenvalue weighted by atomic mass is 127. The lowest BCUT2D eigenvalue weighted by Gasteiger charge is -2.42. The van der Waals surface area contributed by atoms with Crippen molar-refractivity contribution in [1.29, 1.82) is 0 Å². The Balaban J connectivity index is 5.65. The average Bonchev–Trinajstić information content (AvgIpc) is 2.61. The molecule has 0 aliphatic heterocycles. The third-order valence-corrected chi connectivity index (χ3v) is 6.61. The summed E-state index contributed by atoms with van der Waals surface area (Å²) in [6.07, 6.45) is -3.63. The van der Waals surface area contributed by atoms with Crippen molar-refractivity contribution >= 4 is 22.6 Å². The first-order chi connectivity index (χ1) is 13.6. The molecule has 0 fully saturated rings. The van der Waals surface area contributed by atoms with E-state index >= 15 is 0 Å². The minimum atomic E-state index is -7.84. The van der Waals surface area contributed by atoms with Crippen LogP contribution in [0.1, 0.15) is 58.8 Å². The fourth-order valence-electron chi connectivity index (χ4n) is 2.66. The predicted molar refractivity (Wildman–Crippen MR) is 95.8 cm³/mol. The number of unbranched alkanes of at least 4 members (excludes halogenated alkanes) is 5. The molecule has 0 saturated carbocycles. The molecule has 2 atom stereocenters. The van der Waals surface area contributed by atoms with E-state index in [4.69, 9.17) is 0 Å². The van der Waals surface area contributed by atoms with E-state index in [-0.39, 0.29) is 12.8 Å². The van der Waals surface area contributed by atoms with Gasteiger partial charge in [0.05, 0.1) is 0 Å². The van der Waals surface area contributed by atoms with Crippen LogP contribution in [0.15, 0.2) is 0 Å². The number of rotatable bonds is 13. The van der Waals surface area contributed by atoms with Gasteiger partial charge in [0.1, 0.15) is 0 Å². The molecular formula is C17H22F13I. The van der Waals surface area contributed by atoms with Crippen molar-refractivity contribution in [3.8, 4) is 0 Å². The van der Waals surface area contributed by atoms with Gasteiger partial charge in [-0.1, -0.05) is 75.0 Å². The van der Waals surface area contributed by atoms with E-state index in [9.17, 15) is 57.1 Å². The molecule has 0 aliphatic rings. The van der Waals surface area contributed by atoms with Gasteiger partial charge in [-0.05, 0) is 6.42 Å². The highest BCUT2D eigenvalue weighted by Crippen LogP contribution is 2.61. The second-order valence-electron chi connectivity index (χ2n) is 7.28. The lowest BCUT2D eigenvalue weighted by atomic mass is 9.85. The molecule has 0 saturated heterocycles. The van der Waals surface area contributed by atoms with Crippen LogP contribution in [0, 0.1) is 5.92 Å². The largest absolute Gasteiger partial charge is 0.460 e. The normalized spacial score (nSPS) is 17.0. The van der Waals surface area contributed by atoms with Gasteiger partial charge in [-0.15, -0.1) is 0 Å². The molecule has 0 heterocycles. The maximum atomic E-state index is 14.1. The van der Waals surface area contributed by atoms with E-state index in [2.05, 4.69) is 0 Å². The van der Waals surface area contributed by atoms with E-state index in [1.807, 2.05) is 6.92 Å². The number of hydrogen-bond acceptors (Lipinski definition) is 0. The van der Waals surface area contributed by atoms with Gasteiger partial charge in [0.15, 0.2) is 0 Å². The summed E-state index contributed by atoms with van der Waals surface area (Å²) in [5.41, 5.74) is 0. The molecule has 0 radical (unpaired) electrons. The zero-order valence-electron chi connectivity index (χ0n) is 16.4. The molecule has 0 nitrogen and oxygen atoms in total. The third-order valence-electron chi connectivity index (χ3n) is 4.91. The molecule has 0 amide bonds. The van der Waals surface area contributed by atoms with Gasteiger partial charge in [-0.3, -0.25) is 0 Å². The fourth-order valence-corrected chi connectivity index (χ4v) is 3.56. The van der Waals surface area contributed by atoms with Crippen LogP contribution in [0.3, 0.4) is 0 Å². The number of hydrogen-bond donors (Lipinski definition) is 0. The smallest absolute Gasteiger partial charge is 0.199 e. The Bertz CT molecular complexity index is 557. The Labute approximate surface area is 184 Å². The Hall–Kier alpha value is -0.180. The average molecular weight is 600 g/mol. The highest BCUT2D eigenvalue weighted by Gasteiger charge is 2.91. The van der Waals surface area contributed by atoms with Gasteiger partial charge in [0, 0.05) is 9.84 Å². The van der Waals surface area contributed by atoms with Crippen molar-refractivity contribution in [2.24, 2.45) is 5.92 Å². The van der Waals surface area contributed by atoms with E-state index < -0.39 is 45.6 Å². The monoisotopic (exact) mass is 600 g/mol. The molecule has 0 spiro atoms. The lowest BCUT2D eigenvalue weighted by Crippen LogP contribution is -2.71. The summed E-state index contributed by atoms with van der Waals surface area (Å²) < 4.78 is 170. The van der Waals surface area contributed by atoms with Crippen LogP contribution in [0.2, 0.25) is 0 Å². The molecular weight excluding hydrogens is 578 g/mol. The van der Waals surface area contributed by atoms with Gasteiger partial charge in [0.2, 0.25) is 0 Å². The minimum Gasteiger partial charge on any atom is -0.199 e. The highest BCUT2D eigenvalue weighted by molar-refractivity contribution is 14.1. The molecule has 31 heavy (non-hydrogen) atoms. The van der Waals surface area contributed by atoms with Crippen LogP contribution in [-0.4, -0.2) is 39.7 Å². The van der Waals surface area contributed by atoms with Crippen LogP contribution in [0.25, 0.3) is 0 Å². The van der Waals surface area contributed by atoms with E-state index in [1.54, 1.807) is 0 Å². The van der Waals surface area contributed by atoms with E-state index in [1.165, 1.54) is 22.6 Å². The standard InChI is InChI=1S/C17H22F13I/c1-3-4-5-6-7-8-9-11(31)10(2)12(18,19)13(20,21)14(22,23)15(24,25)16(26,27)17(28,29)30/h10-11H,3-9H2,1-2H3. The zero-order chi connectivity index (χ0) is 25.1. The zero-order valence-corrected chi connectivity index (χ0v) is 18.6. The summed E-state index contributed by atoms with van der Waals surface area (Å²) in [5.74, 6) is -39.2. The van der Waals surface area contributed by atoms with Gasteiger partial charge < -0.3 is 0 Å². The molecule has 0 aromatic heterocycles. The molecule has 14 heteroatoms. The SMILES string of the molecule is CCCCCCCCC(I)C(C)C(F)(F)C(F)(F)C(F)(F)C(F)(F)C(F)(F)C(F)(F)F. The van der Waals surface area contributed by atoms with Gasteiger partial charge in [-0.25, -0.2) is 0 Å². The fraction of sp³-hybridized carbons (Fsp3) is 1.00. The number of halogens is 14. The first kappa shape index (κ1) is 30.8. The van der Waals surface area contributed by atoms with E-state index in [0.29, 0.717) is 19.8 Å². The molecule has 0 N–H and O–H groups in total. The van der Waals surface area contributed by atoms with Crippen molar-refractivity contribution in [2.45, 2.75) is 98.5 Å². The maximum Gasteiger partial charge on any atom is 0.460 e. The van der Waals surface area contributed by atoms with Crippen molar-refractivity contribution in [1.82, 2.24) is 0 Å². The second-order valence-corrected chi connectivity index (χ2v) is 8.88. The van der Waals surface area contributed by atoms with Crippen molar-refractivity contribution in [2.75, 3.05) is 0 Å². The summed E-state index contributed by atoms with van der Waals surface area (Å²) in [5, 5.41) is 0. The molecule has 0 aromatic rings. The molecule has 0 aromatic carbocycles. The number of alkyl halides is 14. The van der Waals surface area contributed by atoms with E-state index in [0.717, 1.165) is 19.3 Å². The minimum absolute atomic E-state index is 0.208. The Morgan fingerprint density at radius 1 is 0.581 bits per heavy atom. The quantitative estimate of drug-likeness (QED) is 0.0858. The molecule has 188 valence electrons. The second kappa shape index (κ2) is 10.4. The Morgan fingerprint density at radius 3 is 1.39 bits per heavy atom. The van der Waals surface area contributed by atoms with Gasteiger partial charge in [0.25, 0.3) is 0 Å². The van der Waals surface area contributed by atoms with Crippen LogP contribution >= 0.6 is 22.6 Å². The van der Waals surface area contributed by atoms with Crippen LogP contribution in [0.4, 0.5) is 57.1 Å². The molecule has 2 unspecified atom stereocenters. The Morgan fingerprint density at radius 2 is 0.968 bits per heavy atom. The van der Waals surface area contributed by atoms with Crippen molar-refractivity contribution in [3.05, 3.63) is 0 Å². The van der Waals surface area contributed by atoms with Crippen LogP contribution < -0.4 is 0 Å². The first-order valence-corrected chi connectivity index (χ1v) is 10.5. The van der Waals surface area contributed by atoms with Crippen molar-refractivity contribution in [3.63, 3.8) is 0 Å². The van der Waals surface area contributed by atoms with Gasteiger partial charge in [-0.2, -0.15) is 57.1 Å². The van der Waals surface area contributed by atoms with Gasteiger partial charge >= 0.3 is 35.8 Å². The first-order valence-electron chi connectivity index (χ1n) is 9.24. The van der Waals surface area contributed by atoms with Crippen molar-refractivity contribution < 1.29 is 57.1 Å². The van der Waals surface area contributed by atoms with Crippen LogP contribution in [0.5, 0.6) is 0 Å². The summed E-state index contributed by atoms with van der Waals surface area (Å²) >= 11 is 1.21. The summed E-state index contributed by atoms with van der Waals surface area (Å²) in [4.78, 5) is 0. The van der Waals surface area contributed by atoms with Crippen LogP contribution in [-0.2, 0) is 0 Å². The molecule has 0 bridgehead atoms. The predicted octanol–water partition coefficient (Wildman–Crippen LogP) is 8.92. The summed E-state index contributed by atoms with van der Waals surface area (Å²) in [7, 11) is 0. The maximum absolute atomic E-state index is 14.1. The summed E-state index contributed by atoms with van der Waals surface area (Å²) in [6.45, 7) is 2.24. The topological polar surface area (TPSA) is 0 Å². The molecule has 0 aliphatic carbocycles.